The van der Waals surface area contributed by atoms with E-state index in [1.165, 1.54) is 0 Å². The fraction of sp³-hybridized carbons (Fsp3) is 0.533. The molecule has 5 heteroatoms. The molecule has 1 aromatic rings. The summed E-state index contributed by atoms with van der Waals surface area (Å²) in [5.41, 5.74) is 6.94. The molecule has 0 aromatic heterocycles. The van der Waals surface area contributed by atoms with Gasteiger partial charge in [-0.25, -0.2) is 0 Å². The molecule has 0 aliphatic carbocycles. The summed E-state index contributed by atoms with van der Waals surface area (Å²) in [7, 11) is 3.64. The van der Waals surface area contributed by atoms with Crippen molar-refractivity contribution in [2.24, 2.45) is 5.73 Å². The van der Waals surface area contributed by atoms with Crippen molar-refractivity contribution in [1.82, 2.24) is 5.32 Å². The van der Waals surface area contributed by atoms with Crippen LogP contribution in [-0.4, -0.2) is 45.8 Å². The molecule has 20 heavy (non-hydrogen) atoms. The Kier molecular flexibility index (Phi) is 7.69. The Hall–Kier alpha value is -1.59. The van der Waals surface area contributed by atoms with E-state index in [1.807, 2.05) is 37.4 Å². The summed E-state index contributed by atoms with van der Waals surface area (Å²) in [4.78, 5) is 13.9. The number of carbonyl (C=O) groups excluding carboxylic acids is 1. The van der Waals surface area contributed by atoms with Crippen LogP contribution in [0.5, 0.6) is 0 Å². The molecule has 0 aliphatic rings. The van der Waals surface area contributed by atoms with Gasteiger partial charge < -0.3 is 20.7 Å². The van der Waals surface area contributed by atoms with Gasteiger partial charge in [-0.2, -0.15) is 0 Å². The van der Waals surface area contributed by atoms with Crippen LogP contribution in [0.4, 0.5) is 5.69 Å². The monoisotopic (exact) mass is 279 g/mol. The first-order chi connectivity index (χ1) is 9.65. The lowest BCUT2D eigenvalue weighted by atomic mass is 10.1. The number of anilines is 1. The molecule has 0 fully saturated rings. The Morgan fingerprint density at radius 3 is 2.75 bits per heavy atom. The molecule has 0 spiro atoms. The summed E-state index contributed by atoms with van der Waals surface area (Å²) in [6.45, 7) is 1.97. The predicted molar refractivity (Wildman–Crippen MR) is 81.8 cm³/mol. The van der Waals surface area contributed by atoms with E-state index < -0.39 is 6.04 Å². The van der Waals surface area contributed by atoms with Gasteiger partial charge in [0.1, 0.15) is 0 Å². The number of benzene rings is 1. The molecule has 5 nitrogen and oxygen atoms in total. The van der Waals surface area contributed by atoms with Crippen LogP contribution in [0.1, 0.15) is 12.8 Å². The van der Waals surface area contributed by atoms with Gasteiger partial charge in [0.25, 0.3) is 0 Å². The van der Waals surface area contributed by atoms with E-state index in [2.05, 4.69) is 10.2 Å². The highest BCUT2D eigenvalue weighted by Crippen LogP contribution is 2.09. The Balaban J connectivity index is 2.21. The van der Waals surface area contributed by atoms with Gasteiger partial charge >= 0.3 is 0 Å². The number of methoxy groups -OCH3 is 1. The van der Waals surface area contributed by atoms with Crippen molar-refractivity contribution in [2.45, 2.75) is 18.9 Å². The molecular formula is C15H25N3O2. The number of likely N-dealkylation sites (N-methyl/N-ethyl adjacent to an activating group) is 1. The predicted octanol–water partition coefficient (Wildman–Crippen LogP) is 0.993. The third-order valence-corrected chi connectivity index (χ3v) is 3.14. The molecule has 0 heterocycles. The van der Waals surface area contributed by atoms with Gasteiger partial charge in [0.15, 0.2) is 0 Å². The molecule has 0 bridgehead atoms. The van der Waals surface area contributed by atoms with Crippen LogP contribution < -0.4 is 16.0 Å². The standard InChI is InChI=1S/C15H25N3O2/c1-18(13-7-4-3-5-8-13)11-10-17-15(19)14(16)9-6-12-20-2/h3-5,7-8,14H,6,9-12,16H2,1-2H3,(H,17,19). The number of nitrogens with zero attached hydrogens (tertiary/aromatic N) is 1. The van der Waals surface area contributed by atoms with Crippen LogP contribution in [0, 0.1) is 0 Å². The van der Waals surface area contributed by atoms with E-state index in [4.69, 9.17) is 10.5 Å². The fourth-order valence-electron chi connectivity index (χ4n) is 1.87. The van der Waals surface area contributed by atoms with Crippen molar-refractivity contribution >= 4 is 11.6 Å². The summed E-state index contributed by atoms with van der Waals surface area (Å²) >= 11 is 0. The van der Waals surface area contributed by atoms with Gasteiger partial charge in [-0.15, -0.1) is 0 Å². The maximum Gasteiger partial charge on any atom is 0.236 e. The first-order valence-corrected chi connectivity index (χ1v) is 6.93. The first-order valence-electron chi connectivity index (χ1n) is 6.93. The molecule has 112 valence electrons. The Bertz CT molecular complexity index is 384. The number of ether oxygens (including phenoxy) is 1. The first kappa shape index (κ1) is 16.5. The van der Waals surface area contributed by atoms with Crippen LogP contribution in [0.3, 0.4) is 0 Å². The number of hydrogen-bond donors (Lipinski definition) is 2. The zero-order chi connectivity index (χ0) is 14.8. The average molecular weight is 279 g/mol. The Labute approximate surface area is 121 Å². The number of nitrogens with one attached hydrogen (secondary N) is 1. The highest BCUT2D eigenvalue weighted by molar-refractivity contribution is 5.81. The van der Waals surface area contributed by atoms with Gasteiger partial charge in [-0.05, 0) is 25.0 Å². The minimum Gasteiger partial charge on any atom is -0.385 e. The van der Waals surface area contributed by atoms with E-state index in [1.54, 1.807) is 7.11 Å². The van der Waals surface area contributed by atoms with E-state index in [0.29, 0.717) is 19.6 Å². The molecule has 0 saturated carbocycles. The van der Waals surface area contributed by atoms with E-state index >= 15 is 0 Å². The maximum absolute atomic E-state index is 11.8. The Morgan fingerprint density at radius 2 is 2.10 bits per heavy atom. The smallest absolute Gasteiger partial charge is 0.236 e. The number of nitrogens with two attached hydrogens (primary N) is 1. The fourth-order valence-corrected chi connectivity index (χ4v) is 1.87. The molecule has 1 amide bonds. The molecule has 1 unspecified atom stereocenters. The molecular weight excluding hydrogens is 254 g/mol. The number of hydrogen-bond acceptors (Lipinski definition) is 4. The summed E-state index contributed by atoms with van der Waals surface area (Å²) in [5.74, 6) is -0.0948. The van der Waals surface area contributed by atoms with E-state index in [0.717, 1.165) is 18.7 Å². The van der Waals surface area contributed by atoms with Crippen molar-refractivity contribution in [3.63, 3.8) is 0 Å². The van der Waals surface area contributed by atoms with Gasteiger partial charge in [0.05, 0.1) is 6.04 Å². The molecule has 1 aromatic carbocycles. The quantitative estimate of drug-likeness (QED) is 0.662. The number of amides is 1. The maximum atomic E-state index is 11.8. The third kappa shape index (κ3) is 6.04. The second kappa shape index (κ2) is 9.34. The number of rotatable bonds is 9. The minimum atomic E-state index is -0.452. The zero-order valence-corrected chi connectivity index (χ0v) is 12.3. The molecule has 0 saturated heterocycles. The molecule has 1 atom stereocenters. The lowest BCUT2D eigenvalue weighted by molar-refractivity contribution is -0.122. The normalized spacial score (nSPS) is 11.9. The largest absolute Gasteiger partial charge is 0.385 e. The highest BCUT2D eigenvalue weighted by atomic mass is 16.5. The summed E-state index contributed by atoms with van der Waals surface area (Å²) in [6.07, 6.45) is 1.45. The van der Waals surface area contributed by atoms with Crippen molar-refractivity contribution in [1.29, 1.82) is 0 Å². The van der Waals surface area contributed by atoms with Crippen LogP contribution >= 0.6 is 0 Å². The topological polar surface area (TPSA) is 67.6 Å². The van der Waals surface area contributed by atoms with Crippen molar-refractivity contribution < 1.29 is 9.53 Å². The average Bonchev–Trinajstić information content (AvgIpc) is 2.48. The highest BCUT2D eigenvalue weighted by Gasteiger charge is 2.12. The van der Waals surface area contributed by atoms with Gasteiger partial charge in [0.2, 0.25) is 5.91 Å². The summed E-state index contributed by atoms with van der Waals surface area (Å²) < 4.78 is 4.94. The minimum absolute atomic E-state index is 0.0948. The molecule has 3 N–H and O–H groups in total. The lowest BCUT2D eigenvalue weighted by Crippen LogP contribution is -2.43. The Morgan fingerprint density at radius 1 is 1.40 bits per heavy atom. The number of carbonyl (C=O) groups is 1. The van der Waals surface area contributed by atoms with Gasteiger partial charge in [-0.1, -0.05) is 18.2 Å². The summed E-state index contributed by atoms with van der Waals surface area (Å²) in [5, 5.41) is 2.86. The SMILES string of the molecule is COCCCC(N)C(=O)NCCN(C)c1ccccc1. The van der Waals surface area contributed by atoms with Crippen LogP contribution in [-0.2, 0) is 9.53 Å². The molecule has 0 radical (unpaired) electrons. The number of para-hydroxylation sites is 1. The summed E-state index contributed by atoms with van der Waals surface area (Å²) in [6, 6.07) is 9.60. The van der Waals surface area contributed by atoms with Crippen molar-refractivity contribution in [2.75, 3.05) is 38.8 Å². The van der Waals surface area contributed by atoms with Crippen LogP contribution in [0.2, 0.25) is 0 Å². The lowest BCUT2D eigenvalue weighted by Gasteiger charge is -2.20. The van der Waals surface area contributed by atoms with E-state index in [-0.39, 0.29) is 5.91 Å². The zero-order valence-electron chi connectivity index (χ0n) is 12.3. The second-order valence-electron chi connectivity index (χ2n) is 4.79. The van der Waals surface area contributed by atoms with Crippen LogP contribution in [0.25, 0.3) is 0 Å². The van der Waals surface area contributed by atoms with Gasteiger partial charge in [0, 0.05) is 39.5 Å². The van der Waals surface area contributed by atoms with E-state index in [9.17, 15) is 4.79 Å². The van der Waals surface area contributed by atoms with Gasteiger partial charge in [-0.3, -0.25) is 4.79 Å². The molecule has 0 aliphatic heterocycles. The van der Waals surface area contributed by atoms with Crippen molar-refractivity contribution in [3.8, 4) is 0 Å². The molecule has 1 rings (SSSR count). The third-order valence-electron chi connectivity index (χ3n) is 3.14. The van der Waals surface area contributed by atoms with Crippen molar-refractivity contribution in [3.05, 3.63) is 30.3 Å². The van der Waals surface area contributed by atoms with Crippen LogP contribution in [0.15, 0.2) is 30.3 Å². The second-order valence-corrected chi connectivity index (χ2v) is 4.79.